The van der Waals surface area contributed by atoms with Gasteiger partial charge in [-0.05, 0) is 40.0 Å². The van der Waals surface area contributed by atoms with Crippen LogP contribution in [-0.4, -0.2) is 16.3 Å². The summed E-state index contributed by atoms with van der Waals surface area (Å²) in [6, 6.07) is 7.64. The minimum Gasteiger partial charge on any atom is -0.263 e. The molecule has 1 rings (SSSR count). The molecule has 0 fully saturated rings. The minimum atomic E-state index is -2.03. The third kappa shape index (κ3) is 2.09. The van der Waals surface area contributed by atoms with Gasteiger partial charge in [-0.1, -0.05) is 12.1 Å². The minimum absolute atomic E-state index is 0.831. The second-order valence-corrected chi connectivity index (χ2v) is 5.30. The van der Waals surface area contributed by atoms with Crippen molar-refractivity contribution in [1.82, 2.24) is 0 Å². The van der Waals surface area contributed by atoms with Crippen LogP contribution in [0.25, 0.3) is 0 Å². The van der Waals surface area contributed by atoms with E-state index in [1.807, 2.05) is 31.2 Å². The average molecular weight is 168 g/mol. The first-order valence-corrected chi connectivity index (χ1v) is 5.52. The second-order valence-electron chi connectivity index (χ2n) is 2.82. The van der Waals surface area contributed by atoms with Gasteiger partial charge >= 0.3 is 0 Å². The van der Waals surface area contributed by atoms with E-state index in [2.05, 4.69) is 5.87 Å². The van der Waals surface area contributed by atoms with E-state index in [0.29, 0.717) is 0 Å². The largest absolute Gasteiger partial charge is 0.263 e. The molecule has 0 heterocycles. The molecule has 60 valence electrons. The van der Waals surface area contributed by atoms with Crippen LogP contribution < -0.4 is 0 Å². The van der Waals surface area contributed by atoms with E-state index in [-0.39, 0.29) is 0 Å². The van der Waals surface area contributed by atoms with Crippen molar-refractivity contribution in [3.05, 3.63) is 29.8 Å². The molecule has 0 aliphatic heterocycles. The van der Waals surface area contributed by atoms with E-state index in [9.17, 15) is 4.21 Å². The normalized spacial score (nSPS) is 15.8. The van der Waals surface area contributed by atoms with Crippen molar-refractivity contribution in [3.8, 4) is 0 Å². The Morgan fingerprint density at radius 2 is 2.09 bits per heavy atom. The van der Waals surface area contributed by atoms with Crippen LogP contribution in [-0.2, 0) is 9.52 Å². The predicted octanol–water partition coefficient (Wildman–Crippen LogP) is 1.70. The standard InChI is InChI=1S/C9H12OS/c1-8-5-4-6-9(7-8)11(2,3)10/h4-7H,2H2,1,3H3. The van der Waals surface area contributed by atoms with Crippen LogP contribution in [0.1, 0.15) is 5.56 Å². The second kappa shape index (κ2) is 2.70. The van der Waals surface area contributed by atoms with Gasteiger partial charge in [-0.25, -0.2) is 0 Å². The molecule has 11 heavy (non-hydrogen) atoms. The van der Waals surface area contributed by atoms with Crippen LogP contribution >= 0.6 is 0 Å². The Balaban J connectivity index is 3.28. The Morgan fingerprint density at radius 1 is 1.45 bits per heavy atom. The molecule has 1 nitrogen and oxygen atoms in total. The lowest BCUT2D eigenvalue weighted by molar-refractivity contribution is 0.685. The zero-order valence-electron chi connectivity index (χ0n) is 6.83. The summed E-state index contributed by atoms with van der Waals surface area (Å²) >= 11 is 0. The maximum atomic E-state index is 11.4. The van der Waals surface area contributed by atoms with Crippen molar-refractivity contribution in [2.75, 3.05) is 6.26 Å². The third-order valence-electron chi connectivity index (χ3n) is 1.49. The summed E-state index contributed by atoms with van der Waals surface area (Å²) in [6.45, 7) is 1.98. The molecule has 1 atom stereocenters. The maximum absolute atomic E-state index is 11.4. The van der Waals surface area contributed by atoms with E-state index in [0.717, 1.165) is 10.5 Å². The van der Waals surface area contributed by atoms with Crippen molar-refractivity contribution in [3.63, 3.8) is 0 Å². The highest BCUT2D eigenvalue weighted by molar-refractivity contribution is 7.99. The van der Waals surface area contributed by atoms with Crippen LogP contribution in [0.3, 0.4) is 0 Å². The first-order chi connectivity index (χ1) is 5.00. The zero-order valence-corrected chi connectivity index (χ0v) is 7.65. The van der Waals surface area contributed by atoms with E-state index in [1.165, 1.54) is 0 Å². The molecular formula is C9H12OS. The predicted molar refractivity (Wildman–Crippen MR) is 50.6 cm³/mol. The maximum Gasteiger partial charge on any atom is 0.0304 e. The molecule has 0 N–H and O–H groups in total. The molecule has 0 aliphatic rings. The molecule has 0 radical (unpaired) electrons. The highest BCUT2D eigenvalue weighted by atomic mass is 32.2. The summed E-state index contributed by atoms with van der Waals surface area (Å²) < 4.78 is 11.4. The van der Waals surface area contributed by atoms with Gasteiger partial charge in [-0.2, -0.15) is 0 Å². The molecule has 0 aliphatic carbocycles. The smallest absolute Gasteiger partial charge is 0.0304 e. The topological polar surface area (TPSA) is 17.1 Å². The zero-order chi connectivity index (χ0) is 8.48. The van der Waals surface area contributed by atoms with Crippen molar-refractivity contribution < 1.29 is 4.21 Å². The van der Waals surface area contributed by atoms with Gasteiger partial charge in [0.1, 0.15) is 0 Å². The van der Waals surface area contributed by atoms with Gasteiger partial charge in [-0.3, -0.25) is 4.21 Å². The summed E-state index contributed by atoms with van der Waals surface area (Å²) in [5, 5.41) is 0. The van der Waals surface area contributed by atoms with E-state index in [4.69, 9.17) is 0 Å². The molecule has 0 amide bonds. The van der Waals surface area contributed by atoms with Crippen molar-refractivity contribution in [2.45, 2.75) is 11.8 Å². The lowest BCUT2D eigenvalue weighted by Crippen LogP contribution is -1.95. The van der Waals surface area contributed by atoms with Crippen molar-refractivity contribution in [2.24, 2.45) is 0 Å². The number of rotatable bonds is 1. The number of benzene rings is 1. The fourth-order valence-electron chi connectivity index (χ4n) is 0.884. The third-order valence-corrected chi connectivity index (χ3v) is 2.74. The first kappa shape index (κ1) is 8.34. The van der Waals surface area contributed by atoms with Gasteiger partial charge in [-0.15, -0.1) is 0 Å². The van der Waals surface area contributed by atoms with Crippen LogP contribution in [0.15, 0.2) is 29.2 Å². The van der Waals surface area contributed by atoms with Gasteiger partial charge in [0.25, 0.3) is 0 Å². The Kier molecular flexibility index (Phi) is 2.05. The number of aryl methyl sites for hydroxylation is 1. The number of hydrogen-bond acceptors (Lipinski definition) is 1. The summed E-state index contributed by atoms with van der Waals surface area (Å²) in [6.07, 6.45) is 1.65. The summed E-state index contributed by atoms with van der Waals surface area (Å²) in [4.78, 5) is 0.831. The van der Waals surface area contributed by atoms with Gasteiger partial charge in [0.2, 0.25) is 0 Å². The molecule has 0 saturated carbocycles. The Bertz CT molecular complexity index is 350. The van der Waals surface area contributed by atoms with Crippen LogP contribution in [0.4, 0.5) is 0 Å². The Labute approximate surface area is 68.1 Å². The molecule has 0 saturated heterocycles. The Hall–Kier alpha value is -0.760. The summed E-state index contributed by atoms with van der Waals surface area (Å²) in [5.41, 5.74) is 1.13. The molecule has 0 aromatic heterocycles. The Morgan fingerprint density at radius 3 is 2.45 bits per heavy atom. The highest BCUT2D eigenvalue weighted by Gasteiger charge is 1.98. The van der Waals surface area contributed by atoms with E-state index >= 15 is 0 Å². The van der Waals surface area contributed by atoms with Gasteiger partial charge < -0.3 is 0 Å². The first-order valence-electron chi connectivity index (χ1n) is 3.39. The fraction of sp³-hybridized carbons (Fsp3) is 0.222. The molecular weight excluding hydrogens is 156 g/mol. The van der Waals surface area contributed by atoms with Gasteiger partial charge in [0.15, 0.2) is 0 Å². The quantitative estimate of drug-likeness (QED) is 0.583. The van der Waals surface area contributed by atoms with Crippen LogP contribution in [0, 0.1) is 6.92 Å². The summed E-state index contributed by atoms with van der Waals surface area (Å²) in [7, 11) is -2.03. The average Bonchev–Trinajstić information content (AvgIpc) is 1.86. The van der Waals surface area contributed by atoms with Crippen molar-refractivity contribution in [1.29, 1.82) is 0 Å². The van der Waals surface area contributed by atoms with Gasteiger partial charge in [0.05, 0.1) is 0 Å². The van der Waals surface area contributed by atoms with E-state index in [1.54, 1.807) is 6.26 Å². The SMILES string of the molecule is C=S(C)(=O)c1cccc(C)c1. The molecule has 2 heteroatoms. The van der Waals surface area contributed by atoms with E-state index < -0.39 is 9.52 Å². The van der Waals surface area contributed by atoms with Crippen molar-refractivity contribution >= 4 is 15.4 Å². The monoisotopic (exact) mass is 168 g/mol. The number of hydrogen-bond donors (Lipinski definition) is 0. The van der Waals surface area contributed by atoms with Gasteiger partial charge in [0, 0.05) is 11.2 Å². The molecule has 1 aromatic rings. The fourth-order valence-corrected chi connectivity index (χ4v) is 1.69. The van der Waals surface area contributed by atoms with Crippen LogP contribution in [0.5, 0.6) is 0 Å². The molecule has 0 bridgehead atoms. The highest BCUT2D eigenvalue weighted by Crippen LogP contribution is 2.09. The lowest BCUT2D eigenvalue weighted by Gasteiger charge is -2.02. The molecule has 0 spiro atoms. The molecule has 1 aromatic carbocycles. The van der Waals surface area contributed by atoms with Crippen LogP contribution in [0.2, 0.25) is 0 Å². The summed E-state index contributed by atoms with van der Waals surface area (Å²) in [5.74, 6) is 3.61. The molecule has 1 unspecified atom stereocenters. The lowest BCUT2D eigenvalue weighted by atomic mass is 10.2.